The zero-order valence-corrected chi connectivity index (χ0v) is 8.82. The van der Waals surface area contributed by atoms with Crippen LogP contribution in [0.15, 0.2) is 18.2 Å². The average Bonchev–Trinajstić information content (AvgIpc) is 2.23. The van der Waals surface area contributed by atoms with E-state index in [1.807, 2.05) is 0 Å². The Morgan fingerprint density at radius 2 is 1.80 bits per heavy atom. The van der Waals surface area contributed by atoms with Crippen LogP contribution in [0, 0.1) is 11.6 Å². The molecule has 0 atom stereocenters. The summed E-state index contributed by atoms with van der Waals surface area (Å²) in [4.78, 5) is 0. The molecule has 0 aliphatic carbocycles. The minimum Gasteiger partial charge on any atom is -0.317 e. The third-order valence-electron chi connectivity index (χ3n) is 3.32. The van der Waals surface area contributed by atoms with Gasteiger partial charge in [0.25, 0.3) is 0 Å². The lowest BCUT2D eigenvalue weighted by molar-refractivity contribution is 0.333. The van der Waals surface area contributed by atoms with Crippen LogP contribution in [0.1, 0.15) is 25.3 Å². The summed E-state index contributed by atoms with van der Waals surface area (Å²) in [6.07, 6.45) is 1.94. The molecule has 1 heterocycles. The molecule has 1 aromatic carbocycles. The monoisotopic (exact) mass is 211 g/mol. The Hall–Kier alpha value is -0.960. The number of hydrogen-bond acceptors (Lipinski definition) is 1. The zero-order valence-electron chi connectivity index (χ0n) is 8.82. The van der Waals surface area contributed by atoms with Gasteiger partial charge in [-0.2, -0.15) is 0 Å². The van der Waals surface area contributed by atoms with E-state index in [-0.39, 0.29) is 5.41 Å². The average molecular weight is 211 g/mol. The lowest BCUT2D eigenvalue weighted by atomic mass is 9.75. The first-order valence-corrected chi connectivity index (χ1v) is 5.28. The van der Waals surface area contributed by atoms with Crippen molar-refractivity contribution in [3.05, 3.63) is 35.4 Å². The van der Waals surface area contributed by atoms with Crippen LogP contribution in [0.3, 0.4) is 0 Å². The first-order valence-electron chi connectivity index (χ1n) is 5.28. The molecule has 0 amide bonds. The zero-order chi connectivity index (χ0) is 10.9. The van der Waals surface area contributed by atoms with Crippen LogP contribution in [0.2, 0.25) is 0 Å². The van der Waals surface area contributed by atoms with Crippen LogP contribution >= 0.6 is 0 Å². The summed E-state index contributed by atoms with van der Waals surface area (Å²) in [7, 11) is 0. The van der Waals surface area contributed by atoms with Gasteiger partial charge in [0.1, 0.15) is 0 Å². The molecule has 0 unspecified atom stereocenters. The van der Waals surface area contributed by atoms with Crippen molar-refractivity contribution in [1.82, 2.24) is 5.32 Å². The third kappa shape index (κ3) is 2.02. The number of benzene rings is 1. The molecule has 0 bridgehead atoms. The predicted molar refractivity (Wildman–Crippen MR) is 55.8 cm³/mol. The summed E-state index contributed by atoms with van der Waals surface area (Å²) >= 11 is 0. The maximum Gasteiger partial charge on any atom is 0.159 e. The van der Waals surface area contributed by atoms with E-state index >= 15 is 0 Å². The Morgan fingerprint density at radius 1 is 1.13 bits per heavy atom. The topological polar surface area (TPSA) is 12.0 Å². The molecule has 0 radical (unpaired) electrons. The molecular formula is C12H15F2N. The maximum atomic E-state index is 13.1. The van der Waals surface area contributed by atoms with E-state index in [2.05, 4.69) is 12.2 Å². The van der Waals surface area contributed by atoms with Crippen LogP contribution in [0.4, 0.5) is 8.78 Å². The Morgan fingerprint density at radius 3 is 2.40 bits per heavy atom. The molecule has 0 spiro atoms. The summed E-state index contributed by atoms with van der Waals surface area (Å²) in [6.45, 7) is 3.99. The summed E-state index contributed by atoms with van der Waals surface area (Å²) in [5, 5.41) is 3.27. The van der Waals surface area contributed by atoms with Crippen molar-refractivity contribution >= 4 is 0 Å². The minimum atomic E-state index is -0.767. The van der Waals surface area contributed by atoms with E-state index in [1.54, 1.807) is 6.07 Å². The van der Waals surface area contributed by atoms with Crippen molar-refractivity contribution in [2.45, 2.75) is 25.2 Å². The van der Waals surface area contributed by atoms with E-state index in [4.69, 9.17) is 0 Å². The van der Waals surface area contributed by atoms with Gasteiger partial charge in [0, 0.05) is 0 Å². The largest absolute Gasteiger partial charge is 0.317 e. The molecule has 3 heteroatoms. The van der Waals surface area contributed by atoms with E-state index < -0.39 is 11.6 Å². The van der Waals surface area contributed by atoms with Gasteiger partial charge in [-0.15, -0.1) is 0 Å². The highest BCUT2D eigenvalue weighted by molar-refractivity contribution is 5.26. The molecule has 1 aromatic rings. The smallest absolute Gasteiger partial charge is 0.159 e. The number of rotatable bonds is 1. The molecule has 15 heavy (non-hydrogen) atoms. The predicted octanol–water partition coefficient (Wildman–Crippen LogP) is 2.61. The number of hydrogen-bond donors (Lipinski definition) is 1. The van der Waals surface area contributed by atoms with E-state index in [1.165, 1.54) is 12.1 Å². The first-order chi connectivity index (χ1) is 7.12. The molecule has 1 nitrogen and oxygen atoms in total. The second kappa shape index (κ2) is 3.89. The Balaban J connectivity index is 2.31. The molecule has 1 aliphatic rings. The molecule has 1 N–H and O–H groups in total. The van der Waals surface area contributed by atoms with Crippen LogP contribution in [-0.2, 0) is 5.41 Å². The fourth-order valence-corrected chi connectivity index (χ4v) is 2.14. The normalized spacial score (nSPS) is 20.2. The molecule has 0 aromatic heterocycles. The third-order valence-corrected chi connectivity index (χ3v) is 3.32. The maximum absolute atomic E-state index is 13.1. The molecular weight excluding hydrogens is 196 g/mol. The fourth-order valence-electron chi connectivity index (χ4n) is 2.14. The van der Waals surface area contributed by atoms with E-state index in [0.717, 1.165) is 31.5 Å². The lowest BCUT2D eigenvalue weighted by Gasteiger charge is -2.34. The van der Waals surface area contributed by atoms with Gasteiger partial charge in [-0.05, 0) is 49.0 Å². The van der Waals surface area contributed by atoms with Gasteiger partial charge in [-0.1, -0.05) is 13.0 Å². The highest BCUT2D eigenvalue weighted by atomic mass is 19.2. The fraction of sp³-hybridized carbons (Fsp3) is 0.500. The van der Waals surface area contributed by atoms with E-state index in [9.17, 15) is 8.78 Å². The quantitative estimate of drug-likeness (QED) is 0.753. The van der Waals surface area contributed by atoms with Gasteiger partial charge in [-0.3, -0.25) is 0 Å². The van der Waals surface area contributed by atoms with Gasteiger partial charge in [0.15, 0.2) is 11.6 Å². The Labute approximate surface area is 88.5 Å². The second-order valence-corrected chi connectivity index (χ2v) is 4.44. The molecule has 0 saturated carbocycles. The standard InChI is InChI=1S/C12H15F2N/c1-12(4-6-15-7-5-12)9-2-3-10(13)11(14)8-9/h2-3,8,15H,4-7H2,1H3. The van der Waals surface area contributed by atoms with Gasteiger partial charge in [0.05, 0.1) is 0 Å². The van der Waals surface area contributed by atoms with Crippen molar-refractivity contribution in [3.63, 3.8) is 0 Å². The first kappa shape index (κ1) is 10.6. The Bertz CT molecular complexity index is 357. The van der Waals surface area contributed by atoms with Crippen LogP contribution < -0.4 is 5.32 Å². The second-order valence-electron chi connectivity index (χ2n) is 4.44. The van der Waals surface area contributed by atoms with Crippen molar-refractivity contribution in [1.29, 1.82) is 0 Å². The molecule has 82 valence electrons. The Kier molecular flexibility index (Phi) is 2.74. The summed E-state index contributed by atoms with van der Waals surface area (Å²) in [6, 6.07) is 4.25. The molecule has 1 saturated heterocycles. The molecule has 2 rings (SSSR count). The molecule has 1 aliphatic heterocycles. The van der Waals surface area contributed by atoms with Crippen LogP contribution in [0.25, 0.3) is 0 Å². The van der Waals surface area contributed by atoms with Crippen molar-refractivity contribution in [3.8, 4) is 0 Å². The van der Waals surface area contributed by atoms with Crippen molar-refractivity contribution in [2.24, 2.45) is 0 Å². The number of halogens is 2. The van der Waals surface area contributed by atoms with Gasteiger partial charge in [-0.25, -0.2) is 8.78 Å². The van der Waals surface area contributed by atoms with Crippen LogP contribution in [0.5, 0.6) is 0 Å². The highest BCUT2D eigenvalue weighted by Gasteiger charge is 2.29. The van der Waals surface area contributed by atoms with Gasteiger partial charge in [0.2, 0.25) is 0 Å². The highest BCUT2D eigenvalue weighted by Crippen LogP contribution is 2.33. The van der Waals surface area contributed by atoms with Crippen molar-refractivity contribution in [2.75, 3.05) is 13.1 Å². The number of piperidine rings is 1. The number of nitrogens with one attached hydrogen (secondary N) is 1. The van der Waals surface area contributed by atoms with E-state index in [0.29, 0.717) is 0 Å². The summed E-state index contributed by atoms with van der Waals surface area (Å²) in [5.74, 6) is -1.51. The van der Waals surface area contributed by atoms with Crippen molar-refractivity contribution < 1.29 is 8.78 Å². The molecule has 1 fully saturated rings. The van der Waals surface area contributed by atoms with Gasteiger partial charge < -0.3 is 5.32 Å². The van der Waals surface area contributed by atoms with Crippen LogP contribution in [-0.4, -0.2) is 13.1 Å². The summed E-state index contributed by atoms with van der Waals surface area (Å²) < 4.78 is 25.9. The lowest BCUT2D eigenvalue weighted by Crippen LogP contribution is -2.37. The SMILES string of the molecule is CC1(c2ccc(F)c(F)c2)CCNCC1. The van der Waals surface area contributed by atoms with Gasteiger partial charge >= 0.3 is 0 Å². The summed E-state index contributed by atoms with van der Waals surface area (Å²) in [5.41, 5.74) is 0.891. The minimum absolute atomic E-state index is 0.0141.